The molecule has 0 saturated carbocycles. The van der Waals surface area contributed by atoms with Gasteiger partial charge in [0.1, 0.15) is 6.61 Å². The lowest BCUT2D eigenvalue weighted by Crippen LogP contribution is -2.27. The molecule has 59 valence electrons. The first-order chi connectivity index (χ1) is 4.81. The average Bonchev–Trinajstić information content (AvgIpc) is 1.89. The molecule has 0 aliphatic rings. The molecule has 1 N–H and O–H groups in total. The Bertz CT molecular complexity index is 93.6. The van der Waals surface area contributed by atoms with Crippen molar-refractivity contribution in [2.75, 3.05) is 19.8 Å². The number of nitrogens with one attached hydrogen (secondary N) is 1. The predicted molar refractivity (Wildman–Crippen MR) is 39.5 cm³/mol. The molecule has 0 atom stereocenters. The van der Waals surface area contributed by atoms with Gasteiger partial charge in [0.15, 0.2) is 0 Å². The highest BCUT2D eigenvalue weighted by atomic mass is 16.5. The van der Waals surface area contributed by atoms with Crippen molar-refractivity contribution in [2.45, 2.75) is 13.3 Å². The second-order valence-electron chi connectivity index (χ2n) is 1.86. The maximum absolute atomic E-state index is 10.7. The molecule has 1 amide bonds. The normalized spacial score (nSPS) is 9.40. The third-order valence-electron chi connectivity index (χ3n) is 0.896. The van der Waals surface area contributed by atoms with E-state index in [0.717, 1.165) is 0 Å². The van der Waals surface area contributed by atoms with Crippen LogP contribution in [0.25, 0.3) is 0 Å². The Kier molecular flexibility index (Phi) is 6.18. The average molecular weight is 144 g/mol. The molecule has 3 heteroatoms. The van der Waals surface area contributed by atoms with Gasteiger partial charge in [-0.3, -0.25) is 4.79 Å². The highest BCUT2D eigenvalue weighted by Gasteiger charge is 1.96. The van der Waals surface area contributed by atoms with Crippen LogP contribution < -0.4 is 5.32 Å². The molecule has 10 heavy (non-hydrogen) atoms. The van der Waals surface area contributed by atoms with Crippen LogP contribution >= 0.6 is 0 Å². The van der Waals surface area contributed by atoms with E-state index < -0.39 is 0 Å². The van der Waals surface area contributed by atoms with Crippen LogP contribution in [0, 0.1) is 6.92 Å². The zero-order valence-electron chi connectivity index (χ0n) is 6.35. The van der Waals surface area contributed by atoms with Crippen molar-refractivity contribution in [3.63, 3.8) is 0 Å². The molecule has 3 nitrogen and oxygen atoms in total. The summed E-state index contributed by atoms with van der Waals surface area (Å²) in [7, 11) is 0. The molecule has 0 spiro atoms. The Hall–Kier alpha value is -0.570. The van der Waals surface area contributed by atoms with E-state index in [-0.39, 0.29) is 12.5 Å². The third kappa shape index (κ3) is 5.56. The summed E-state index contributed by atoms with van der Waals surface area (Å²) in [5, 5.41) is 2.62. The van der Waals surface area contributed by atoms with E-state index in [1.54, 1.807) is 0 Å². The molecule has 1 radical (unpaired) electrons. The smallest absolute Gasteiger partial charge is 0.245 e. The Morgan fingerprint density at radius 2 is 2.40 bits per heavy atom. The summed E-state index contributed by atoms with van der Waals surface area (Å²) in [5.41, 5.74) is 0. The number of likely N-dealkylation sites (N-methyl/N-ethyl adjacent to an activating group) is 1. The van der Waals surface area contributed by atoms with Gasteiger partial charge in [-0.15, -0.1) is 0 Å². The van der Waals surface area contributed by atoms with Crippen molar-refractivity contribution >= 4 is 5.91 Å². The molecule has 0 rings (SSSR count). The van der Waals surface area contributed by atoms with Gasteiger partial charge in [-0.2, -0.15) is 0 Å². The molecule has 0 heterocycles. The van der Waals surface area contributed by atoms with E-state index >= 15 is 0 Å². The fourth-order valence-corrected chi connectivity index (χ4v) is 0.515. The highest BCUT2D eigenvalue weighted by Crippen LogP contribution is 1.78. The van der Waals surface area contributed by atoms with Crippen LogP contribution in [0.1, 0.15) is 13.3 Å². The summed E-state index contributed by atoms with van der Waals surface area (Å²) < 4.78 is 4.92. The van der Waals surface area contributed by atoms with E-state index in [9.17, 15) is 4.79 Å². The van der Waals surface area contributed by atoms with Crippen LogP contribution in [0.3, 0.4) is 0 Å². The van der Waals surface area contributed by atoms with Crippen molar-refractivity contribution in [3.05, 3.63) is 6.92 Å². The van der Waals surface area contributed by atoms with Gasteiger partial charge in [-0.05, 0) is 13.3 Å². The Morgan fingerprint density at radius 3 is 2.90 bits per heavy atom. The monoisotopic (exact) mass is 144 g/mol. The molecule has 0 saturated heterocycles. The molecule has 0 aromatic carbocycles. The van der Waals surface area contributed by atoms with Crippen molar-refractivity contribution in [1.82, 2.24) is 5.32 Å². The quantitative estimate of drug-likeness (QED) is 0.566. The van der Waals surface area contributed by atoms with Gasteiger partial charge in [-0.1, -0.05) is 6.92 Å². The van der Waals surface area contributed by atoms with Gasteiger partial charge >= 0.3 is 0 Å². The summed E-state index contributed by atoms with van der Waals surface area (Å²) in [6.45, 7) is 6.81. The Morgan fingerprint density at radius 1 is 1.70 bits per heavy atom. The van der Waals surface area contributed by atoms with Crippen molar-refractivity contribution in [3.8, 4) is 0 Å². The summed E-state index contributed by atoms with van der Waals surface area (Å²) in [6, 6.07) is 0. The van der Waals surface area contributed by atoms with Crippen LogP contribution in [0.5, 0.6) is 0 Å². The standard InChI is InChI=1S/C7H14NO2/c1-3-5-10-6-7(9)8-4-2/h1,3-6H2,2H3,(H,8,9). The van der Waals surface area contributed by atoms with E-state index in [1.165, 1.54) is 0 Å². The Labute approximate surface area is 61.8 Å². The van der Waals surface area contributed by atoms with Gasteiger partial charge in [0, 0.05) is 13.2 Å². The molecule has 0 aliphatic heterocycles. The molecule has 0 bridgehead atoms. The van der Waals surface area contributed by atoms with Gasteiger partial charge in [-0.25, -0.2) is 0 Å². The first-order valence-electron chi connectivity index (χ1n) is 3.45. The van der Waals surface area contributed by atoms with Crippen LogP contribution in [0.15, 0.2) is 0 Å². The molecule has 0 fully saturated rings. The zero-order valence-corrected chi connectivity index (χ0v) is 6.35. The molecule has 0 aromatic rings. The van der Waals surface area contributed by atoms with E-state index in [4.69, 9.17) is 4.74 Å². The largest absolute Gasteiger partial charge is 0.372 e. The second-order valence-corrected chi connectivity index (χ2v) is 1.86. The third-order valence-corrected chi connectivity index (χ3v) is 0.896. The number of carbonyl (C=O) groups excluding carboxylic acids is 1. The van der Waals surface area contributed by atoms with Crippen LogP contribution in [-0.2, 0) is 9.53 Å². The van der Waals surface area contributed by atoms with Crippen molar-refractivity contribution in [2.24, 2.45) is 0 Å². The van der Waals surface area contributed by atoms with Gasteiger partial charge in [0.25, 0.3) is 0 Å². The first-order valence-corrected chi connectivity index (χ1v) is 3.45. The van der Waals surface area contributed by atoms with Crippen LogP contribution in [0.2, 0.25) is 0 Å². The minimum atomic E-state index is -0.0593. The number of carbonyl (C=O) groups is 1. The van der Waals surface area contributed by atoms with E-state index in [1.807, 2.05) is 6.92 Å². The van der Waals surface area contributed by atoms with Crippen LogP contribution in [0.4, 0.5) is 0 Å². The number of hydrogen-bond acceptors (Lipinski definition) is 2. The SMILES string of the molecule is [CH2]CCOCC(=O)NCC. The van der Waals surface area contributed by atoms with Crippen LogP contribution in [-0.4, -0.2) is 25.7 Å². The Balaban J connectivity index is 3.05. The minimum Gasteiger partial charge on any atom is -0.372 e. The lowest BCUT2D eigenvalue weighted by molar-refractivity contribution is -0.125. The second kappa shape index (κ2) is 6.55. The topological polar surface area (TPSA) is 38.3 Å². The first kappa shape index (κ1) is 9.43. The number of ether oxygens (including phenoxy) is 1. The highest BCUT2D eigenvalue weighted by molar-refractivity contribution is 5.77. The summed E-state index contributed by atoms with van der Waals surface area (Å²) in [4.78, 5) is 10.7. The summed E-state index contributed by atoms with van der Waals surface area (Å²) in [6.07, 6.45) is 0.708. The predicted octanol–water partition coefficient (Wildman–Crippen LogP) is 0.363. The van der Waals surface area contributed by atoms with E-state index in [2.05, 4.69) is 12.2 Å². The molecular weight excluding hydrogens is 130 g/mol. The van der Waals surface area contributed by atoms with Crippen molar-refractivity contribution < 1.29 is 9.53 Å². The molecule has 0 aliphatic carbocycles. The fourth-order valence-electron chi connectivity index (χ4n) is 0.515. The molecule has 0 unspecified atom stereocenters. The lowest BCUT2D eigenvalue weighted by Gasteiger charge is -2.01. The summed E-state index contributed by atoms with van der Waals surface area (Å²) in [5.74, 6) is -0.0593. The van der Waals surface area contributed by atoms with Crippen molar-refractivity contribution in [1.29, 1.82) is 0 Å². The zero-order chi connectivity index (χ0) is 7.82. The van der Waals surface area contributed by atoms with Gasteiger partial charge < -0.3 is 10.1 Å². The number of hydrogen-bond donors (Lipinski definition) is 1. The van der Waals surface area contributed by atoms with Gasteiger partial charge in [0.05, 0.1) is 0 Å². The fraction of sp³-hybridized carbons (Fsp3) is 0.714. The number of amides is 1. The minimum absolute atomic E-state index is 0.0593. The number of rotatable bonds is 5. The maximum atomic E-state index is 10.7. The van der Waals surface area contributed by atoms with Gasteiger partial charge in [0.2, 0.25) is 5.91 Å². The summed E-state index contributed by atoms with van der Waals surface area (Å²) >= 11 is 0. The molecule has 0 aromatic heterocycles. The maximum Gasteiger partial charge on any atom is 0.245 e. The molecular formula is C7H14NO2. The van der Waals surface area contributed by atoms with E-state index in [0.29, 0.717) is 19.6 Å². The lowest BCUT2D eigenvalue weighted by atomic mass is 10.5.